The Morgan fingerprint density at radius 3 is 2.88 bits per heavy atom. The number of nitrogens with one attached hydrogen (secondary N) is 2. The molecule has 2 rings (SSSR count). The van der Waals surface area contributed by atoms with Crippen molar-refractivity contribution in [3.8, 4) is 11.5 Å². The first-order chi connectivity index (χ1) is 12.1. The Bertz CT molecular complexity index is 550. The maximum Gasteiger partial charge on any atom is 0.191 e. The third-order valence-electron chi connectivity index (χ3n) is 4.44. The van der Waals surface area contributed by atoms with Crippen molar-refractivity contribution in [1.29, 1.82) is 0 Å². The molecule has 0 spiro atoms. The van der Waals surface area contributed by atoms with E-state index in [9.17, 15) is 0 Å². The number of aliphatic imine (C=N–C) groups is 1. The zero-order valence-corrected chi connectivity index (χ0v) is 15.9. The molecule has 0 radical (unpaired) electrons. The smallest absolute Gasteiger partial charge is 0.191 e. The molecule has 1 saturated heterocycles. The third-order valence-corrected chi connectivity index (χ3v) is 4.44. The van der Waals surface area contributed by atoms with E-state index in [2.05, 4.69) is 27.6 Å². The van der Waals surface area contributed by atoms with Crippen LogP contribution in [-0.2, 0) is 0 Å². The Morgan fingerprint density at radius 1 is 1.36 bits per heavy atom. The van der Waals surface area contributed by atoms with Crippen LogP contribution in [0.5, 0.6) is 11.5 Å². The lowest BCUT2D eigenvalue weighted by Gasteiger charge is -2.30. The second-order valence-corrected chi connectivity index (χ2v) is 6.71. The van der Waals surface area contributed by atoms with E-state index in [1.807, 2.05) is 31.2 Å². The number of benzene rings is 1. The van der Waals surface area contributed by atoms with Crippen LogP contribution < -0.4 is 20.1 Å². The summed E-state index contributed by atoms with van der Waals surface area (Å²) in [6.07, 6.45) is 2.58. The van der Waals surface area contributed by atoms with E-state index in [4.69, 9.17) is 9.47 Å². The molecule has 0 bridgehead atoms. The van der Waals surface area contributed by atoms with Gasteiger partial charge in [0.1, 0.15) is 17.6 Å². The zero-order chi connectivity index (χ0) is 18.1. The number of ether oxygens (including phenoxy) is 2. The van der Waals surface area contributed by atoms with Crippen molar-refractivity contribution in [1.82, 2.24) is 15.5 Å². The molecule has 1 fully saturated rings. The fourth-order valence-corrected chi connectivity index (χ4v) is 3.09. The van der Waals surface area contributed by atoms with Crippen molar-refractivity contribution >= 4 is 5.96 Å². The van der Waals surface area contributed by atoms with E-state index in [1.54, 1.807) is 14.2 Å². The van der Waals surface area contributed by atoms with Crippen molar-refractivity contribution in [3.05, 3.63) is 24.3 Å². The molecule has 2 N–H and O–H groups in total. The van der Waals surface area contributed by atoms with Gasteiger partial charge in [-0.3, -0.25) is 4.99 Å². The third kappa shape index (κ3) is 6.82. The van der Waals surface area contributed by atoms with E-state index < -0.39 is 0 Å². The van der Waals surface area contributed by atoms with Crippen molar-refractivity contribution in [2.24, 2.45) is 10.9 Å². The van der Waals surface area contributed by atoms with Crippen LogP contribution in [0.1, 0.15) is 19.8 Å². The number of piperidine rings is 1. The Morgan fingerprint density at radius 2 is 2.16 bits per heavy atom. The first-order valence-electron chi connectivity index (χ1n) is 9.04. The van der Waals surface area contributed by atoms with E-state index in [1.165, 1.54) is 19.4 Å². The lowest BCUT2D eigenvalue weighted by Crippen LogP contribution is -2.45. The van der Waals surface area contributed by atoms with Gasteiger partial charge in [0.25, 0.3) is 0 Å². The van der Waals surface area contributed by atoms with Gasteiger partial charge in [-0.2, -0.15) is 0 Å². The first kappa shape index (κ1) is 19.4. The van der Waals surface area contributed by atoms with Crippen molar-refractivity contribution in [2.75, 3.05) is 47.4 Å². The second-order valence-electron chi connectivity index (χ2n) is 6.71. The fourth-order valence-electron chi connectivity index (χ4n) is 3.09. The fraction of sp³-hybridized carbons (Fsp3) is 0.632. The normalized spacial score (nSPS) is 20.0. The minimum atomic E-state index is 0.0199. The second kappa shape index (κ2) is 10.1. The standard InChI is InChI=1S/C19H32N4O2/c1-15(25-18-9-5-8-17(11-18)24-4)12-21-19(20-2)22-13-16-7-6-10-23(3)14-16/h5,8-9,11,15-16H,6-7,10,12-14H2,1-4H3,(H2,20,21,22). The van der Waals surface area contributed by atoms with Gasteiger partial charge in [-0.25, -0.2) is 0 Å². The van der Waals surface area contributed by atoms with Crippen LogP contribution in [0, 0.1) is 5.92 Å². The summed E-state index contributed by atoms with van der Waals surface area (Å²) >= 11 is 0. The van der Waals surface area contributed by atoms with Gasteiger partial charge in [0.05, 0.1) is 13.7 Å². The SMILES string of the molecule is CN=C(NCC1CCCN(C)C1)NCC(C)Oc1cccc(OC)c1. The topological polar surface area (TPSA) is 58.1 Å². The van der Waals surface area contributed by atoms with Crippen molar-refractivity contribution in [3.63, 3.8) is 0 Å². The summed E-state index contributed by atoms with van der Waals surface area (Å²) < 4.78 is 11.1. The van der Waals surface area contributed by atoms with Gasteiger partial charge >= 0.3 is 0 Å². The zero-order valence-electron chi connectivity index (χ0n) is 15.9. The molecular weight excluding hydrogens is 316 g/mol. The summed E-state index contributed by atoms with van der Waals surface area (Å²) in [5, 5.41) is 6.77. The molecule has 2 atom stereocenters. The molecule has 1 aromatic carbocycles. The van der Waals surface area contributed by atoms with E-state index >= 15 is 0 Å². The molecule has 0 aromatic heterocycles. The lowest BCUT2D eigenvalue weighted by molar-refractivity contribution is 0.209. The Kier molecular flexibility index (Phi) is 7.85. The summed E-state index contributed by atoms with van der Waals surface area (Å²) in [4.78, 5) is 6.70. The largest absolute Gasteiger partial charge is 0.497 e. The summed E-state index contributed by atoms with van der Waals surface area (Å²) in [5.74, 6) is 3.12. The highest BCUT2D eigenvalue weighted by molar-refractivity contribution is 5.79. The number of methoxy groups -OCH3 is 1. The number of hydrogen-bond donors (Lipinski definition) is 2. The highest BCUT2D eigenvalue weighted by Crippen LogP contribution is 2.19. The number of rotatable bonds is 7. The summed E-state index contributed by atoms with van der Waals surface area (Å²) in [7, 11) is 5.65. The van der Waals surface area contributed by atoms with Crippen molar-refractivity contribution < 1.29 is 9.47 Å². The molecule has 1 aliphatic heterocycles. The van der Waals surface area contributed by atoms with Crippen LogP contribution in [0.25, 0.3) is 0 Å². The molecule has 6 nitrogen and oxygen atoms in total. The molecule has 140 valence electrons. The Balaban J connectivity index is 1.72. The first-order valence-corrected chi connectivity index (χ1v) is 9.04. The molecule has 1 aliphatic rings. The van der Waals surface area contributed by atoms with E-state index in [0.29, 0.717) is 12.5 Å². The maximum absolute atomic E-state index is 5.93. The summed E-state index contributed by atoms with van der Waals surface area (Å²) in [6, 6.07) is 7.66. The van der Waals surface area contributed by atoms with Crippen LogP contribution in [0.3, 0.4) is 0 Å². The number of guanidine groups is 1. The Labute approximate surface area is 151 Å². The molecule has 2 unspecified atom stereocenters. The predicted molar refractivity (Wildman–Crippen MR) is 103 cm³/mol. The van der Waals surface area contributed by atoms with Gasteiger partial charge in [-0.1, -0.05) is 6.07 Å². The van der Waals surface area contributed by atoms with Gasteiger partial charge in [0, 0.05) is 26.2 Å². The van der Waals surface area contributed by atoms with Crippen LogP contribution in [0.4, 0.5) is 0 Å². The molecule has 1 aromatic rings. The lowest BCUT2D eigenvalue weighted by atomic mass is 9.99. The quantitative estimate of drug-likeness (QED) is 0.583. The molecule has 0 aliphatic carbocycles. The highest BCUT2D eigenvalue weighted by Gasteiger charge is 2.17. The Hall–Kier alpha value is -1.95. The van der Waals surface area contributed by atoms with Gasteiger partial charge in [-0.15, -0.1) is 0 Å². The van der Waals surface area contributed by atoms with Crippen LogP contribution >= 0.6 is 0 Å². The van der Waals surface area contributed by atoms with E-state index in [0.717, 1.165) is 30.5 Å². The average molecular weight is 348 g/mol. The predicted octanol–water partition coefficient (Wildman–Crippen LogP) is 1.97. The monoisotopic (exact) mass is 348 g/mol. The molecule has 6 heteroatoms. The van der Waals surface area contributed by atoms with Gasteiger partial charge in [-0.05, 0) is 51.4 Å². The number of nitrogens with zero attached hydrogens (tertiary/aromatic N) is 2. The molecule has 0 amide bonds. The number of likely N-dealkylation sites (tertiary alicyclic amines) is 1. The highest BCUT2D eigenvalue weighted by atomic mass is 16.5. The van der Waals surface area contributed by atoms with Crippen LogP contribution in [0.2, 0.25) is 0 Å². The van der Waals surface area contributed by atoms with Crippen LogP contribution in [0.15, 0.2) is 29.3 Å². The van der Waals surface area contributed by atoms with Crippen molar-refractivity contribution in [2.45, 2.75) is 25.9 Å². The minimum absolute atomic E-state index is 0.0199. The molecule has 1 heterocycles. The summed E-state index contributed by atoms with van der Waals surface area (Å²) in [5.41, 5.74) is 0. The van der Waals surface area contributed by atoms with E-state index in [-0.39, 0.29) is 6.10 Å². The molecular formula is C19H32N4O2. The summed E-state index contributed by atoms with van der Waals surface area (Å²) in [6.45, 7) is 6.04. The van der Waals surface area contributed by atoms with Gasteiger partial charge < -0.3 is 25.0 Å². The number of hydrogen-bond acceptors (Lipinski definition) is 4. The maximum atomic E-state index is 5.93. The van der Waals surface area contributed by atoms with Gasteiger partial charge in [0.2, 0.25) is 0 Å². The minimum Gasteiger partial charge on any atom is -0.497 e. The molecule has 0 saturated carbocycles. The molecule has 25 heavy (non-hydrogen) atoms. The average Bonchev–Trinajstić information content (AvgIpc) is 2.62. The van der Waals surface area contributed by atoms with Gasteiger partial charge in [0.15, 0.2) is 5.96 Å². The van der Waals surface area contributed by atoms with Crippen LogP contribution in [-0.4, -0.2) is 64.3 Å².